The number of rotatable bonds is 18. The van der Waals surface area contributed by atoms with Gasteiger partial charge in [-0.3, -0.25) is 4.55 Å². The molecule has 9 aliphatic rings. The summed E-state index contributed by atoms with van der Waals surface area (Å²) in [5.41, 5.74) is 0.329. The van der Waals surface area contributed by atoms with Gasteiger partial charge in [-0.15, -0.1) is 0 Å². The van der Waals surface area contributed by atoms with Gasteiger partial charge in [-0.1, -0.05) is 51.5 Å². The quantitative estimate of drug-likeness (QED) is 0.0538. The van der Waals surface area contributed by atoms with Crippen molar-refractivity contribution in [2.24, 2.45) is 40.4 Å². The van der Waals surface area contributed by atoms with E-state index in [1.165, 1.54) is 26.3 Å². The van der Waals surface area contributed by atoms with Gasteiger partial charge in [0.25, 0.3) is 0 Å². The number of allylic oxidation sites excluding steroid dienone is 3. The highest BCUT2D eigenvalue weighted by molar-refractivity contribution is 7.80. The SMILES string of the molecule is C=C(CC[C@](C)(O)[C@H]1CCC2C3C[C@H](OC4OC(C)C(O)C(OC5OCC(OC6OC(CO)C(O)C(O)C6OC6OC(C)C(O)C(O)C6O)C(O)C5OC5OC(C)C(O)C(O)C5O)C4O)C4C[C@@H](OS(=O)(=O)O)CC[C@]4(C)C3=CC[C@@]21C)C(C)C. The molecule has 3 saturated carbocycles. The summed E-state index contributed by atoms with van der Waals surface area (Å²) < 4.78 is 101. The van der Waals surface area contributed by atoms with Gasteiger partial charge in [-0.25, -0.2) is 4.18 Å². The fourth-order valence-corrected chi connectivity index (χ4v) is 16.1. The minimum absolute atomic E-state index is 0.0571. The van der Waals surface area contributed by atoms with Crippen molar-refractivity contribution >= 4 is 10.4 Å². The normalized spacial score (nSPS) is 51.3. The molecule has 85 heavy (non-hydrogen) atoms. The van der Waals surface area contributed by atoms with E-state index in [1.807, 2.05) is 6.92 Å². The van der Waals surface area contributed by atoms with Crippen molar-refractivity contribution in [3.8, 4) is 0 Å². The number of hydrogen-bond donors (Lipinski definition) is 14. The molecule has 14 N–H and O–H groups in total. The first-order valence-electron chi connectivity index (χ1n) is 30.1. The number of aliphatic hydroxyl groups is 13. The molecule has 4 aliphatic carbocycles. The predicted octanol–water partition coefficient (Wildman–Crippen LogP) is -1.69. The molecule has 5 heterocycles. The summed E-state index contributed by atoms with van der Waals surface area (Å²) in [6.07, 6.45) is -35.3. The molecular weight excluding hydrogens is 1150 g/mol. The summed E-state index contributed by atoms with van der Waals surface area (Å²) in [5, 5.41) is 145. The second kappa shape index (κ2) is 26.2. The standard InChI is InChI=1S/C57H94O27S/c1-22(2)23(3)12-17-57(9,70)35-11-10-29-28-19-32(31-18-27(84-85(71,72)73)13-15-55(31,7)30(28)14-16-56(29,35)8)78-52-46(69)47(38(61)26(6)77-52)81-53-48(82-50-44(67)41(64)36(59)24(4)75-50)40(63)34(21-74-53)80-54-49(43(66)39(62)33(20-58)79-54)83-51-45(68)42(65)37(60)25(5)76-51/h14,22,24-29,31-54,58-70H,3,10-13,15-21H2,1-2,4-9H3,(H,71,72,73)/t24?,25?,26?,27-,28?,29?,31?,32-,33?,34?,35-,36?,37?,38?,39?,40?,41?,42?,43?,44?,45?,46?,47?,48?,49?,50?,51?,52?,53?,54?,55+,56-,57-/m0/s1. The summed E-state index contributed by atoms with van der Waals surface area (Å²) >= 11 is 0. The number of fused-ring (bicyclic) bond motifs is 5. The van der Waals surface area contributed by atoms with Crippen molar-refractivity contribution in [2.75, 3.05) is 13.2 Å². The lowest BCUT2D eigenvalue weighted by Crippen LogP contribution is -2.67. The first kappa shape index (κ1) is 67.8. The van der Waals surface area contributed by atoms with Crippen LogP contribution < -0.4 is 0 Å². The van der Waals surface area contributed by atoms with Crippen LogP contribution in [-0.4, -0.2) is 258 Å². The van der Waals surface area contributed by atoms with Gasteiger partial charge in [0.15, 0.2) is 31.5 Å². The summed E-state index contributed by atoms with van der Waals surface area (Å²) in [5.74, 6) is -0.257. The van der Waals surface area contributed by atoms with Gasteiger partial charge >= 0.3 is 10.4 Å². The molecule has 0 radical (unpaired) electrons. The van der Waals surface area contributed by atoms with E-state index < -0.39 is 200 Å². The van der Waals surface area contributed by atoms with E-state index in [4.69, 9.17) is 51.6 Å². The van der Waals surface area contributed by atoms with Crippen molar-refractivity contribution in [3.63, 3.8) is 0 Å². The Balaban J connectivity index is 0.981. The molecule has 5 saturated heterocycles. The molecule has 0 spiro atoms. The van der Waals surface area contributed by atoms with Gasteiger partial charge in [-0.05, 0) is 126 Å². The van der Waals surface area contributed by atoms with Crippen LogP contribution in [0.1, 0.15) is 113 Å². The fraction of sp³-hybridized carbons (Fsp3) is 0.930. The summed E-state index contributed by atoms with van der Waals surface area (Å²) in [6, 6.07) is 0. The number of ether oxygens (including phenoxy) is 10. The van der Waals surface area contributed by atoms with Gasteiger partial charge in [0.1, 0.15) is 97.7 Å². The van der Waals surface area contributed by atoms with Crippen LogP contribution in [0.25, 0.3) is 0 Å². The lowest BCUT2D eigenvalue weighted by atomic mass is 9.47. The maximum Gasteiger partial charge on any atom is 0.397 e. The molecule has 0 amide bonds. The van der Waals surface area contributed by atoms with Crippen molar-refractivity contribution in [1.82, 2.24) is 0 Å². The predicted molar refractivity (Wildman–Crippen MR) is 290 cm³/mol. The van der Waals surface area contributed by atoms with Crippen molar-refractivity contribution in [1.29, 1.82) is 0 Å². The third-order valence-electron chi connectivity index (χ3n) is 20.9. The van der Waals surface area contributed by atoms with Crippen LogP contribution in [0.15, 0.2) is 23.8 Å². The molecule has 9 rings (SSSR count). The van der Waals surface area contributed by atoms with Crippen molar-refractivity contribution in [3.05, 3.63) is 23.8 Å². The van der Waals surface area contributed by atoms with E-state index in [-0.39, 0.29) is 35.5 Å². The maximum atomic E-state index is 12.4. The molecule has 0 bridgehead atoms. The van der Waals surface area contributed by atoms with Gasteiger partial charge in [-0.2, -0.15) is 8.42 Å². The largest absolute Gasteiger partial charge is 0.397 e. The summed E-state index contributed by atoms with van der Waals surface area (Å²) in [7, 11) is -4.87. The monoisotopic (exact) mass is 1240 g/mol. The summed E-state index contributed by atoms with van der Waals surface area (Å²) in [4.78, 5) is 0. The molecule has 0 aromatic heterocycles. The first-order valence-corrected chi connectivity index (χ1v) is 31.4. The molecule has 490 valence electrons. The highest BCUT2D eigenvalue weighted by atomic mass is 32.3. The highest BCUT2D eigenvalue weighted by Gasteiger charge is 2.64. The third kappa shape index (κ3) is 13.4. The Labute approximate surface area is 495 Å². The average molecular weight is 1240 g/mol. The molecule has 5 aliphatic heterocycles. The van der Waals surface area contributed by atoms with E-state index in [0.717, 1.165) is 18.4 Å². The lowest BCUT2D eigenvalue weighted by Gasteiger charge is -2.60. The Kier molecular flexibility index (Phi) is 20.9. The van der Waals surface area contributed by atoms with Crippen LogP contribution in [0.5, 0.6) is 0 Å². The zero-order chi connectivity index (χ0) is 62.3. The Bertz CT molecular complexity index is 2420. The Hall–Kier alpha value is -1.57. The van der Waals surface area contributed by atoms with E-state index in [0.29, 0.717) is 38.5 Å². The van der Waals surface area contributed by atoms with Gasteiger partial charge < -0.3 is 114 Å². The topological polar surface area (TPSA) is 419 Å². The van der Waals surface area contributed by atoms with Crippen LogP contribution in [-0.2, 0) is 62.0 Å². The molecule has 27 nitrogen and oxygen atoms in total. The second-order valence-corrected chi connectivity index (χ2v) is 27.7. The molecule has 0 aromatic rings. The third-order valence-corrected chi connectivity index (χ3v) is 21.4. The molecule has 8 fully saturated rings. The van der Waals surface area contributed by atoms with Gasteiger partial charge in [0.2, 0.25) is 0 Å². The van der Waals surface area contributed by atoms with Crippen LogP contribution >= 0.6 is 0 Å². The van der Waals surface area contributed by atoms with E-state index in [1.54, 1.807) is 0 Å². The average Bonchev–Trinajstić information content (AvgIpc) is 1.79. The number of hydrogen-bond acceptors (Lipinski definition) is 26. The van der Waals surface area contributed by atoms with Crippen LogP contribution in [0.2, 0.25) is 0 Å². The lowest BCUT2D eigenvalue weighted by molar-refractivity contribution is -0.398. The van der Waals surface area contributed by atoms with Crippen molar-refractivity contribution < 1.29 is 131 Å². The summed E-state index contributed by atoms with van der Waals surface area (Å²) in [6.45, 7) is 17.4. The Morgan fingerprint density at radius 2 is 1.21 bits per heavy atom. The van der Waals surface area contributed by atoms with Crippen LogP contribution in [0, 0.1) is 40.4 Å². The van der Waals surface area contributed by atoms with Crippen molar-refractivity contribution in [2.45, 2.75) is 278 Å². The molecule has 33 atom stereocenters. The zero-order valence-electron chi connectivity index (χ0n) is 49.4. The highest BCUT2D eigenvalue weighted by Crippen LogP contribution is 2.67. The zero-order valence-corrected chi connectivity index (χ0v) is 50.3. The minimum atomic E-state index is -4.87. The van der Waals surface area contributed by atoms with E-state index >= 15 is 0 Å². The first-order chi connectivity index (χ1) is 39.7. The fourth-order valence-electron chi connectivity index (χ4n) is 15.6. The molecule has 28 heteroatoms. The van der Waals surface area contributed by atoms with E-state index in [2.05, 4.69) is 40.3 Å². The number of aliphatic hydroxyl groups excluding tert-OH is 12. The van der Waals surface area contributed by atoms with Gasteiger partial charge in [0, 0.05) is 0 Å². The molecular formula is C57H94O27S. The smallest absolute Gasteiger partial charge is 0.394 e. The second-order valence-electron chi connectivity index (χ2n) is 26.7. The van der Waals surface area contributed by atoms with Gasteiger partial charge in [0.05, 0.1) is 49.3 Å². The Morgan fingerprint density at radius 3 is 1.79 bits per heavy atom. The molecule has 0 aromatic carbocycles. The minimum Gasteiger partial charge on any atom is -0.394 e. The van der Waals surface area contributed by atoms with Crippen LogP contribution in [0.4, 0.5) is 0 Å². The Morgan fingerprint density at radius 1 is 0.659 bits per heavy atom. The molecule has 27 unspecified atom stereocenters. The maximum absolute atomic E-state index is 12.4. The van der Waals surface area contributed by atoms with E-state index in [9.17, 15) is 79.4 Å². The van der Waals surface area contributed by atoms with Crippen LogP contribution in [0.3, 0.4) is 0 Å².